The van der Waals surface area contributed by atoms with Gasteiger partial charge in [-0.1, -0.05) is 189 Å². The number of hydrogen-bond acceptors (Lipinski definition) is 2. The molecule has 0 saturated carbocycles. The van der Waals surface area contributed by atoms with Crippen LogP contribution in [0.1, 0.15) is 48.6 Å². The highest BCUT2D eigenvalue weighted by Crippen LogP contribution is 2.63. The van der Waals surface area contributed by atoms with Crippen molar-refractivity contribution in [3.8, 4) is 44.5 Å². The molecule has 2 aromatic heterocycles. The van der Waals surface area contributed by atoms with Crippen LogP contribution in [0.4, 0.5) is 0 Å². The van der Waals surface area contributed by atoms with E-state index in [-0.39, 0.29) is 12.1 Å². The molecule has 2 nitrogen and oxygen atoms in total. The number of rotatable bonds is 2. The van der Waals surface area contributed by atoms with E-state index in [9.17, 15) is 0 Å². The largest absolute Gasteiger partial charge is 0.254 e. The van der Waals surface area contributed by atoms with Crippen LogP contribution in [-0.2, 0) is 10.8 Å². The van der Waals surface area contributed by atoms with E-state index in [0.717, 1.165) is 21.8 Å². The Kier molecular flexibility index (Phi) is 6.76. The van der Waals surface area contributed by atoms with Crippen LogP contribution < -0.4 is 16.4 Å². The highest BCUT2D eigenvalue weighted by molar-refractivity contribution is 7.00. The molecule has 3 heterocycles. The fourth-order valence-corrected chi connectivity index (χ4v) is 11.4. The minimum absolute atomic E-state index is 0.0250. The highest BCUT2D eigenvalue weighted by Gasteiger charge is 2.52. The number of pyridine rings is 2. The zero-order valence-electron chi connectivity index (χ0n) is 33.8. The summed E-state index contributed by atoms with van der Waals surface area (Å²) in [5, 5.41) is 4.80. The summed E-state index contributed by atoms with van der Waals surface area (Å²) in [7, 11) is 0. The van der Waals surface area contributed by atoms with Crippen LogP contribution in [0.15, 0.2) is 182 Å². The first-order valence-corrected chi connectivity index (χ1v) is 21.2. The molecule has 280 valence electrons. The second-order valence-electron chi connectivity index (χ2n) is 18.0. The lowest BCUT2D eigenvalue weighted by Gasteiger charge is -2.32. The number of fused-ring (bicyclic) bond motifs is 20. The summed E-state index contributed by atoms with van der Waals surface area (Å²) in [6.07, 6.45) is 3.77. The molecule has 1 aliphatic heterocycles. The maximum atomic E-state index is 4.92. The van der Waals surface area contributed by atoms with Gasteiger partial charge in [0.05, 0.1) is 16.4 Å². The topological polar surface area (TPSA) is 25.8 Å². The monoisotopic (exact) mass is 762 g/mol. The quantitative estimate of drug-likeness (QED) is 0.129. The van der Waals surface area contributed by atoms with E-state index in [2.05, 4.69) is 185 Å². The summed E-state index contributed by atoms with van der Waals surface area (Å²) in [5.74, 6) is 0. The molecular weight excluding hydrogens is 723 g/mol. The molecular formula is C57H39BN2. The van der Waals surface area contributed by atoms with Gasteiger partial charge in [0.2, 0.25) is 6.71 Å². The van der Waals surface area contributed by atoms with Crippen molar-refractivity contribution in [2.24, 2.45) is 0 Å². The Morgan fingerprint density at radius 2 is 1.00 bits per heavy atom. The Labute approximate surface area is 350 Å². The van der Waals surface area contributed by atoms with Crippen LogP contribution in [0.5, 0.6) is 0 Å². The molecule has 3 heteroatoms. The molecule has 8 aromatic carbocycles. The smallest absolute Gasteiger partial charge is 0.243 e. The van der Waals surface area contributed by atoms with Gasteiger partial charge in [0.1, 0.15) is 0 Å². The summed E-state index contributed by atoms with van der Waals surface area (Å²) in [5.41, 5.74) is 22.8. The lowest BCUT2D eigenvalue weighted by Crippen LogP contribution is -2.49. The molecule has 0 unspecified atom stereocenters. The van der Waals surface area contributed by atoms with E-state index in [1.807, 2.05) is 18.5 Å². The average molecular weight is 763 g/mol. The zero-order chi connectivity index (χ0) is 39.9. The molecule has 2 aliphatic carbocycles. The van der Waals surface area contributed by atoms with Gasteiger partial charge >= 0.3 is 0 Å². The van der Waals surface area contributed by atoms with E-state index in [1.165, 1.54) is 99.5 Å². The number of hydrogen-bond donors (Lipinski definition) is 0. The SMILES string of the molecule is CC(C)(C)c1ccc2c(c1)C1(c3ccccc3-c3ccccc31)c1cc(-c3ccc(B4c5ccccc5-c5ccc6c7cccnc7c7ncccc7c6c54)cc3)ccc1-2. The van der Waals surface area contributed by atoms with Crippen LogP contribution in [0.25, 0.3) is 77.1 Å². The number of benzene rings is 8. The Morgan fingerprint density at radius 1 is 0.433 bits per heavy atom. The lowest BCUT2D eigenvalue weighted by atomic mass is 9.38. The summed E-state index contributed by atoms with van der Waals surface area (Å²) >= 11 is 0. The Balaban J connectivity index is 0.998. The second-order valence-corrected chi connectivity index (χ2v) is 18.0. The van der Waals surface area contributed by atoms with Gasteiger partial charge in [-0.2, -0.15) is 0 Å². The third-order valence-electron chi connectivity index (χ3n) is 14.0. The predicted molar refractivity (Wildman–Crippen MR) is 252 cm³/mol. The summed E-state index contributed by atoms with van der Waals surface area (Å²) in [6, 6.07) is 64.3. The molecule has 0 radical (unpaired) electrons. The second kappa shape index (κ2) is 12.0. The highest BCUT2D eigenvalue weighted by atomic mass is 14.7. The Bertz CT molecular complexity index is 3400. The third-order valence-corrected chi connectivity index (χ3v) is 14.0. The zero-order valence-corrected chi connectivity index (χ0v) is 33.8. The molecule has 13 rings (SSSR count). The summed E-state index contributed by atoms with van der Waals surface area (Å²) < 4.78 is 0. The van der Waals surface area contributed by atoms with Crippen LogP contribution in [0.2, 0.25) is 0 Å². The minimum Gasteiger partial charge on any atom is -0.254 e. The molecule has 0 atom stereocenters. The minimum atomic E-state index is -0.398. The van der Waals surface area contributed by atoms with Gasteiger partial charge in [0, 0.05) is 23.2 Å². The van der Waals surface area contributed by atoms with Crippen molar-refractivity contribution < 1.29 is 0 Å². The van der Waals surface area contributed by atoms with Crippen molar-refractivity contribution in [3.63, 3.8) is 0 Å². The summed E-state index contributed by atoms with van der Waals surface area (Å²) in [6.45, 7) is 7.05. The van der Waals surface area contributed by atoms with Crippen molar-refractivity contribution in [1.29, 1.82) is 0 Å². The maximum Gasteiger partial charge on any atom is 0.243 e. The predicted octanol–water partition coefficient (Wildman–Crippen LogP) is 11.7. The van der Waals surface area contributed by atoms with Crippen molar-refractivity contribution in [1.82, 2.24) is 9.97 Å². The molecule has 0 amide bonds. The fraction of sp³-hybridized carbons (Fsp3) is 0.0877. The van der Waals surface area contributed by atoms with E-state index in [0.29, 0.717) is 0 Å². The normalized spacial score (nSPS) is 14.0. The Hall–Kier alpha value is -7.10. The van der Waals surface area contributed by atoms with Gasteiger partial charge in [-0.05, 0) is 107 Å². The van der Waals surface area contributed by atoms with Crippen LogP contribution in [0, 0.1) is 0 Å². The van der Waals surface area contributed by atoms with Gasteiger partial charge in [-0.3, -0.25) is 9.97 Å². The maximum absolute atomic E-state index is 4.92. The fourth-order valence-electron chi connectivity index (χ4n) is 11.4. The van der Waals surface area contributed by atoms with Crippen molar-refractivity contribution in [2.45, 2.75) is 31.6 Å². The molecule has 60 heavy (non-hydrogen) atoms. The average Bonchev–Trinajstić information content (AvgIpc) is 3.90. The van der Waals surface area contributed by atoms with E-state index in [1.54, 1.807) is 0 Å². The van der Waals surface area contributed by atoms with Crippen LogP contribution in [0.3, 0.4) is 0 Å². The number of aromatic nitrogens is 2. The van der Waals surface area contributed by atoms with Crippen molar-refractivity contribution in [3.05, 3.63) is 210 Å². The molecule has 0 N–H and O–H groups in total. The molecule has 0 fully saturated rings. The molecule has 1 spiro atoms. The number of nitrogens with zero attached hydrogens (tertiary/aromatic N) is 2. The van der Waals surface area contributed by atoms with Gasteiger partial charge in [0.15, 0.2) is 0 Å². The van der Waals surface area contributed by atoms with Gasteiger partial charge in [0.25, 0.3) is 0 Å². The molecule has 0 bridgehead atoms. The summed E-state index contributed by atoms with van der Waals surface area (Å²) in [4.78, 5) is 9.76. The van der Waals surface area contributed by atoms with Crippen molar-refractivity contribution in [2.75, 3.05) is 0 Å². The van der Waals surface area contributed by atoms with Gasteiger partial charge < -0.3 is 0 Å². The van der Waals surface area contributed by atoms with E-state index >= 15 is 0 Å². The third kappa shape index (κ3) is 4.34. The van der Waals surface area contributed by atoms with Gasteiger partial charge in [-0.25, -0.2) is 0 Å². The standard InChI is InChI=1S/C57H39BN2/c1-56(2,3)36-23-27-41-40-26-22-35(32-49(40)57(50(41)33-36)47-17-7-4-12-38(47)39-13-5-8-18-48(39)57)34-20-24-37(25-21-34)58-51-19-9-6-14-42(51)44-29-28-43-45-15-10-30-59-54(45)55-46(16-11-31-60-55)52(43)53(44)58/h4-33H,1-3H3. The van der Waals surface area contributed by atoms with Crippen molar-refractivity contribution >= 4 is 55.7 Å². The van der Waals surface area contributed by atoms with Crippen LogP contribution >= 0.6 is 0 Å². The molecule has 0 saturated heterocycles. The van der Waals surface area contributed by atoms with Crippen LogP contribution in [-0.4, -0.2) is 16.7 Å². The first-order valence-electron chi connectivity index (χ1n) is 21.2. The lowest BCUT2D eigenvalue weighted by molar-refractivity contribution is 0.588. The first-order chi connectivity index (χ1) is 29.4. The Morgan fingerprint density at radius 3 is 1.72 bits per heavy atom. The molecule has 10 aromatic rings. The van der Waals surface area contributed by atoms with E-state index < -0.39 is 5.41 Å². The first kappa shape index (κ1) is 33.8. The van der Waals surface area contributed by atoms with E-state index in [4.69, 9.17) is 9.97 Å². The molecule has 3 aliphatic rings. The van der Waals surface area contributed by atoms with Gasteiger partial charge in [-0.15, -0.1) is 0 Å².